The first-order valence-electron chi connectivity index (χ1n) is 7.59. The molecule has 0 aliphatic carbocycles. The van der Waals surface area contributed by atoms with Crippen LogP contribution in [0.1, 0.15) is 38.9 Å². The number of ether oxygens (including phenoxy) is 1. The summed E-state index contributed by atoms with van der Waals surface area (Å²) >= 11 is 1.83. The second kappa shape index (κ2) is 7.90. The van der Waals surface area contributed by atoms with Crippen LogP contribution in [0.25, 0.3) is 0 Å². The molecule has 5 heteroatoms. The maximum absolute atomic E-state index is 12.1. The molecule has 0 aromatic carbocycles. The van der Waals surface area contributed by atoms with Crippen LogP contribution in [-0.4, -0.2) is 30.4 Å². The zero-order valence-corrected chi connectivity index (χ0v) is 13.7. The van der Waals surface area contributed by atoms with Gasteiger partial charge in [-0.2, -0.15) is 11.8 Å². The number of rotatable bonds is 7. The molecule has 1 N–H and O–H groups in total. The van der Waals surface area contributed by atoms with E-state index in [-0.39, 0.29) is 17.4 Å². The van der Waals surface area contributed by atoms with Crippen molar-refractivity contribution in [1.29, 1.82) is 0 Å². The van der Waals surface area contributed by atoms with E-state index < -0.39 is 0 Å². The highest BCUT2D eigenvalue weighted by atomic mass is 32.2. The van der Waals surface area contributed by atoms with Gasteiger partial charge in [-0.25, -0.2) is 0 Å². The first-order valence-corrected chi connectivity index (χ1v) is 8.74. The molecular formula is C16H25NO3S. The molecule has 1 atom stereocenters. The topological polar surface area (TPSA) is 51.5 Å². The Balaban J connectivity index is 1.55. The number of hydrogen-bond acceptors (Lipinski definition) is 4. The molecule has 0 bridgehead atoms. The van der Waals surface area contributed by atoms with Crippen LogP contribution in [0, 0.1) is 5.92 Å². The van der Waals surface area contributed by atoms with E-state index in [1.165, 1.54) is 0 Å². The number of carbonyl (C=O) groups is 1. The van der Waals surface area contributed by atoms with Gasteiger partial charge >= 0.3 is 0 Å². The van der Waals surface area contributed by atoms with Gasteiger partial charge in [0.05, 0.1) is 17.6 Å². The van der Waals surface area contributed by atoms with Crippen molar-refractivity contribution < 1.29 is 13.9 Å². The number of nitrogens with one attached hydrogen (secondary N) is 1. The van der Waals surface area contributed by atoms with Crippen LogP contribution in [0.3, 0.4) is 0 Å². The van der Waals surface area contributed by atoms with Crippen molar-refractivity contribution in [2.75, 3.05) is 18.9 Å². The van der Waals surface area contributed by atoms with E-state index in [4.69, 9.17) is 9.15 Å². The summed E-state index contributed by atoms with van der Waals surface area (Å²) in [6.45, 7) is 5.54. The first kappa shape index (κ1) is 16.4. The Hall–Kier alpha value is -0.940. The largest absolute Gasteiger partial charge is 0.468 e. The van der Waals surface area contributed by atoms with Crippen LogP contribution < -0.4 is 5.32 Å². The van der Waals surface area contributed by atoms with Crippen LogP contribution in [-0.2, 0) is 15.3 Å². The quantitative estimate of drug-likeness (QED) is 0.786. The molecule has 2 heterocycles. The van der Waals surface area contributed by atoms with E-state index in [0.717, 1.165) is 43.1 Å². The summed E-state index contributed by atoms with van der Waals surface area (Å²) in [6.07, 6.45) is 4.34. The molecule has 1 aliphatic rings. The minimum absolute atomic E-state index is 0.101. The summed E-state index contributed by atoms with van der Waals surface area (Å²) in [5, 5.41) is 3.05. The molecule has 1 unspecified atom stereocenters. The Kier molecular flexibility index (Phi) is 6.18. The van der Waals surface area contributed by atoms with Crippen molar-refractivity contribution in [3.8, 4) is 0 Å². The van der Waals surface area contributed by atoms with Gasteiger partial charge in [0.1, 0.15) is 5.76 Å². The average molecular weight is 311 g/mol. The van der Waals surface area contributed by atoms with E-state index in [1.54, 1.807) is 6.26 Å². The summed E-state index contributed by atoms with van der Waals surface area (Å²) in [7, 11) is 0. The fraction of sp³-hybridized carbons (Fsp3) is 0.688. The average Bonchev–Trinajstić information content (AvgIpc) is 2.94. The Morgan fingerprint density at radius 2 is 2.38 bits per heavy atom. The smallest absolute Gasteiger partial charge is 0.223 e. The fourth-order valence-corrected chi connectivity index (χ4v) is 3.41. The monoisotopic (exact) mass is 311 g/mol. The van der Waals surface area contributed by atoms with Crippen LogP contribution in [0.4, 0.5) is 0 Å². The molecule has 2 rings (SSSR count). The lowest BCUT2D eigenvalue weighted by Crippen LogP contribution is -2.41. The minimum atomic E-state index is -0.168. The summed E-state index contributed by atoms with van der Waals surface area (Å²) in [6, 6.07) is 3.90. The maximum Gasteiger partial charge on any atom is 0.223 e. The summed E-state index contributed by atoms with van der Waals surface area (Å²) in [5.41, 5.74) is -0.168. The molecule has 0 radical (unpaired) electrons. The van der Waals surface area contributed by atoms with Gasteiger partial charge in [0.25, 0.3) is 0 Å². The lowest BCUT2D eigenvalue weighted by Gasteiger charge is -2.34. The molecule has 1 amide bonds. The van der Waals surface area contributed by atoms with Crippen LogP contribution in [0.15, 0.2) is 22.8 Å². The molecule has 21 heavy (non-hydrogen) atoms. The molecule has 1 saturated heterocycles. The third kappa shape index (κ3) is 5.75. The van der Waals surface area contributed by atoms with Gasteiger partial charge in [0.15, 0.2) is 0 Å². The van der Waals surface area contributed by atoms with Crippen LogP contribution >= 0.6 is 11.8 Å². The number of hydrogen-bond donors (Lipinski definition) is 1. The second-order valence-corrected chi connectivity index (χ2v) is 7.18. The molecule has 1 aromatic rings. The highest BCUT2D eigenvalue weighted by molar-refractivity contribution is 7.98. The highest BCUT2D eigenvalue weighted by Gasteiger charge is 2.32. The highest BCUT2D eigenvalue weighted by Crippen LogP contribution is 2.28. The van der Waals surface area contributed by atoms with Gasteiger partial charge in [0.2, 0.25) is 5.91 Å². The number of carbonyl (C=O) groups excluding carboxylic acids is 1. The Morgan fingerprint density at radius 1 is 1.52 bits per heavy atom. The van der Waals surface area contributed by atoms with Crippen LogP contribution in [0.2, 0.25) is 0 Å². The zero-order chi connectivity index (χ0) is 15.1. The molecule has 1 aliphatic heterocycles. The van der Waals surface area contributed by atoms with Crippen molar-refractivity contribution in [2.45, 2.75) is 44.5 Å². The van der Waals surface area contributed by atoms with Gasteiger partial charge in [-0.1, -0.05) is 0 Å². The van der Waals surface area contributed by atoms with Crippen molar-refractivity contribution in [3.63, 3.8) is 0 Å². The lowest BCUT2D eigenvalue weighted by molar-refractivity contribution is -0.135. The van der Waals surface area contributed by atoms with Crippen molar-refractivity contribution in [3.05, 3.63) is 24.2 Å². The van der Waals surface area contributed by atoms with E-state index >= 15 is 0 Å². The Labute approximate surface area is 131 Å². The SMILES string of the molecule is CC1(C)CC(C(=O)NCCCSCc2ccco2)CCO1. The van der Waals surface area contributed by atoms with Crippen molar-refractivity contribution >= 4 is 17.7 Å². The molecular weight excluding hydrogens is 286 g/mol. The van der Waals surface area contributed by atoms with Gasteiger partial charge in [0, 0.05) is 19.1 Å². The third-order valence-corrected chi connectivity index (χ3v) is 4.72. The van der Waals surface area contributed by atoms with Crippen molar-refractivity contribution in [1.82, 2.24) is 5.32 Å². The maximum atomic E-state index is 12.1. The Morgan fingerprint density at radius 3 is 3.10 bits per heavy atom. The summed E-state index contributed by atoms with van der Waals surface area (Å²) in [4.78, 5) is 12.1. The van der Waals surface area contributed by atoms with E-state index in [1.807, 2.05) is 23.9 Å². The molecule has 0 spiro atoms. The first-order chi connectivity index (χ1) is 10.1. The lowest BCUT2D eigenvalue weighted by atomic mass is 9.88. The number of amides is 1. The normalized spacial score (nSPS) is 21.1. The predicted octanol–water partition coefficient (Wildman–Crippen LogP) is 3.22. The Bertz CT molecular complexity index is 431. The second-order valence-electron chi connectivity index (χ2n) is 6.07. The minimum Gasteiger partial charge on any atom is -0.468 e. The molecule has 118 valence electrons. The summed E-state index contributed by atoms with van der Waals surface area (Å²) < 4.78 is 10.9. The van der Waals surface area contributed by atoms with Crippen molar-refractivity contribution in [2.24, 2.45) is 5.92 Å². The number of furan rings is 1. The zero-order valence-electron chi connectivity index (χ0n) is 12.9. The summed E-state index contributed by atoms with van der Waals surface area (Å²) in [5.74, 6) is 3.22. The fourth-order valence-electron chi connectivity index (χ4n) is 2.55. The molecule has 4 nitrogen and oxygen atoms in total. The van der Waals surface area contributed by atoms with Gasteiger partial charge in [-0.3, -0.25) is 4.79 Å². The van der Waals surface area contributed by atoms with E-state index in [0.29, 0.717) is 6.61 Å². The van der Waals surface area contributed by atoms with Gasteiger partial charge in [-0.15, -0.1) is 0 Å². The standard InChI is InChI=1S/C16H25NO3S/c1-16(2)11-13(6-9-20-16)15(18)17-7-4-10-21-12-14-5-3-8-19-14/h3,5,8,13H,4,6-7,9-12H2,1-2H3,(H,17,18). The number of thioether (sulfide) groups is 1. The van der Waals surface area contributed by atoms with Gasteiger partial charge < -0.3 is 14.5 Å². The van der Waals surface area contributed by atoms with E-state index in [9.17, 15) is 4.79 Å². The van der Waals surface area contributed by atoms with Crippen LogP contribution in [0.5, 0.6) is 0 Å². The third-order valence-electron chi connectivity index (χ3n) is 3.66. The molecule has 0 saturated carbocycles. The van der Waals surface area contributed by atoms with Gasteiger partial charge in [-0.05, 0) is 51.0 Å². The predicted molar refractivity (Wildman–Crippen MR) is 85.3 cm³/mol. The van der Waals surface area contributed by atoms with E-state index in [2.05, 4.69) is 19.2 Å². The molecule has 1 aromatic heterocycles. The molecule has 1 fully saturated rings.